The minimum atomic E-state index is -3.79. The summed E-state index contributed by atoms with van der Waals surface area (Å²) < 4.78 is 27.5. The summed E-state index contributed by atoms with van der Waals surface area (Å²) in [5, 5.41) is 6.24. The van der Waals surface area contributed by atoms with Gasteiger partial charge in [-0.05, 0) is 51.3 Å². The van der Waals surface area contributed by atoms with Gasteiger partial charge in [-0.15, -0.1) is 0 Å². The maximum Gasteiger partial charge on any atom is 0.243 e. The molecule has 2 saturated heterocycles. The molecule has 27 heavy (non-hydrogen) atoms. The average Bonchev–Trinajstić information content (AvgIpc) is 3.20. The molecule has 2 N–H and O–H groups in total. The number of benzene rings is 1. The van der Waals surface area contributed by atoms with Crippen LogP contribution in [0.15, 0.2) is 29.2 Å². The van der Waals surface area contributed by atoms with Crippen molar-refractivity contribution in [2.75, 3.05) is 19.6 Å². The molecule has 2 aliphatic rings. The Morgan fingerprint density at radius 2 is 1.89 bits per heavy atom. The monoisotopic (exact) mass is 393 g/mol. The van der Waals surface area contributed by atoms with Gasteiger partial charge in [0.25, 0.3) is 0 Å². The number of piperidine rings is 1. The van der Waals surface area contributed by atoms with Crippen LogP contribution in [0, 0.1) is 0 Å². The summed E-state index contributed by atoms with van der Waals surface area (Å²) in [6.45, 7) is 3.25. The Hall–Kier alpha value is -1.77. The van der Waals surface area contributed by atoms with Crippen LogP contribution in [0.4, 0.5) is 0 Å². The lowest BCUT2D eigenvalue weighted by molar-refractivity contribution is -0.125. The average molecular weight is 394 g/mol. The minimum absolute atomic E-state index is 0.115. The van der Waals surface area contributed by atoms with Crippen molar-refractivity contribution in [3.05, 3.63) is 29.8 Å². The van der Waals surface area contributed by atoms with Crippen molar-refractivity contribution in [2.45, 2.75) is 56.0 Å². The molecule has 1 amide bonds. The lowest BCUT2D eigenvalue weighted by atomic mass is 10.0. The maximum atomic E-state index is 13.1. The Labute approximate surface area is 160 Å². The van der Waals surface area contributed by atoms with Crippen LogP contribution >= 0.6 is 0 Å². The standard InChI is InChI=1S/C19H27N3O4S/c1-14(23)15-7-9-17(10-8-15)27(25,26)22-12-3-2-6-18(22)19(24)21-13-16-5-4-11-20-16/h7-10,16,18,20H,2-6,11-13H2,1H3,(H,21,24). The number of sulfonamides is 1. The first-order valence-electron chi connectivity index (χ1n) is 9.53. The summed E-state index contributed by atoms with van der Waals surface area (Å²) in [6, 6.07) is 5.50. The number of amides is 1. The molecule has 0 bridgehead atoms. The zero-order valence-electron chi connectivity index (χ0n) is 15.6. The van der Waals surface area contributed by atoms with E-state index in [1.165, 1.54) is 35.5 Å². The van der Waals surface area contributed by atoms with Gasteiger partial charge >= 0.3 is 0 Å². The van der Waals surface area contributed by atoms with Gasteiger partial charge in [-0.2, -0.15) is 4.31 Å². The molecular formula is C19H27N3O4S. The molecule has 8 heteroatoms. The number of rotatable bonds is 6. The van der Waals surface area contributed by atoms with Crippen LogP contribution in [0.1, 0.15) is 49.4 Å². The summed E-state index contributed by atoms with van der Waals surface area (Å²) >= 11 is 0. The number of hydrogen-bond acceptors (Lipinski definition) is 5. The van der Waals surface area contributed by atoms with Crippen molar-refractivity contribution in [3.8, 4) is 0 Å². The van der Waals surface area contributed by atoms with E-state index in [2.05, 4.69) is 10.6 Å². The second kappa shape index (κ2) is 8.50. The van der Waals surface area contributed by atoms with Gasteiger partial charge < -0.3 is 10.6 Å². The molecule has 1 aromatic rings. The van der Waals surface area contributed by atoms with Gasteiger partial charge in [0.05, 0.1) is 4.90 Å². The van der Waals surface area contributed by atoms with E-state index in [1.54, 1.807) is 0 Å². The van der Waals surface area contributed by atoms with Crippen LogP contribution in [-0.4, -0.2) is 56.1 Å². The highest BCUT2D eigenvalue weighted by atomic mass is 32.2. The molecule has 2 aliphatic heterocycles. The van der Waals surface area contributed by atoms with Gasteiger partial charge in [-0.3, -0.25) is 9.59 Å². The lowest BCUT2D eigenvalue weighted by Gasteiger charge is -2.34. The fourth-order valence-electron chi connectivity index (χ4n) is 3.72. The zero-order chi connectivity index (χ0) is 19.4. The number of carbonyl (C=O) groups excluding carboxylic acids is 2. The molecule has 2 unspecified atom stereocenters. The van der Waals surface area contributed by atoms with E-state index in [0.717, 1.165) is 32.2 Å². The summed E-state index contributed by atoms with van der Waals surface area (Å²) in [5.41, 5.74) is 0.464. The van der Waals surface area contributed by atoms with Crippen LogP contribution in [0.5, 0.6) is 0 Å². The third kappa shape index (κ3) is 4.56. The molecule has 2 heterocycles. The minimum Gasteiger partial charge on any atom is -0.353 e. The van der Waals surface area contributed by atoms with Crippen molar-refractivity contribution in [1.82, 2.24) is 14.9 Å². The van der Waals surface area contributed by atoms with Gasteiger partial charge in [0.15, 0.2) is 5.78 Å². The molecule has 0 aromatic heterocycles. The van der Waals surface area contributed by atoms with Crippen molar-refractivity contribution in [2.24, 2.45) is 0 Å². The predicted molar refractivity (Wildman–Crippen MR) is 102 cm³/mol. The van der Waals surface area contributed by atoms with Gasteiger partial charge in [-0.25, -0.2) is 8.42 Å². The lowest BCUT2D eigenvalue weighted by Crippen LogP contribution is -2.53. The Bertz CT molecular complexity index is 786. The van der Waals surface area contributed by atoms with Gasteiger partial charge in [0, 0.05) is 24.7 Å². The van der Waals surface area contributed by atoms with Crippen LogP contribution in [0.25, 0.3) is 0 Å². The summed E-state index contributed by atoms with van der Waals surface area (Å²) in [7, 11) is -3.79. The number of carbonyl (C=O) groups is 2. The van der Waals surface area contributed by atoms with E-state index in [9.17, 15) is 18.0 Å². The van der Waals surface area contributed by atoms with Crippen LogP contribution in [0.3, 0.4) is 0 Å². The fraction of sp³-hybridized carbons (Fsp3) is 0.579. The topological polar surface area (TPSA) is 95.6 Å². The highest BCUT2D eigenvalue weighted by Gasteiger charge is 2.37. The van der Waals surface area contributed by atoms with Gasteiger partial charge in [0.2, 0.25) is 15.9 Å². The number of hydrogen-bond donors (Lipinski definition) is 2. The highest BCUT2D eigenvalue weighted by molar-refractivity contribution is 7.89. The van der Waals surface area contributed by atoms with Crippen molar-refractivity contribution in [3.63, 3.8) is 0 Å². The Kier molecular flexibility index (Phi) is 6.29. The normalized spacial score (nSPS) is 23.9. The molecule has 0 radical (unpaired) electrons. The van der Waals surface area contributed by atoms with Crippen LogP contribution in [0.2, 0.25) is 0 Å². The molecule has 0 aliphatic carbocycles. The molecule has 3 rings (SSSR count). The smallest absolute Gasteiger partial charge is 0.243 e. The van der Waals surface area contributed by atoms with E-state index in [4.69, 9.17) is 0 Å². The van der Waals surface area contributed by atoms with Crippen molar-refractivity contribution >= 4 is 21.7 Å². The van der Waals surface area contributed by atoms with Crippen LogP contribution in [-0.2, 0) is 14.8 Å². The fourth-order valence-corrected chi connectivity index (χ4v) is 5.38. The van der Waals surface area contributed by atoms with Crippen LogP contribution < -0.4 is 10.6 Å². The van der Waals surface area contributed by atoms with E-state index in [-0.39, 0.29) is 22.6 Å². The molecule has 2 atom stereocenters. The molecule has 7 nitrogen and oxygen atoms in total. The first-order valence-corrected chi connectivity index (χ1v) is 11.0. The Balaban J connectivity index is 1.74. The maximum absolute atomic E-state index is 13.1. The largest absolute Gasteiger partial charge is 0.353 e. The van der Waals surface area contributed by atoms with Crippen molar-refractivity contribution < 1.29 is 18.0 Å². The van der Waals surface area contributed by atoms with E-state index in [1.807, 2.05) is 0 Å². The van der Waals surface area contributed by atoms with E-state index >= 15 is 0 Å². The number of ketones is 1. The van der Waals surface area contributed by atoms with E-state index < -0.39 is 16.1 Å². The van der Waals surface area contributed by atoms with Gasteiger partial charge in [-0.1, -0.05) is 18.6 Å². The second-order valence-electron chi connectivity index (χ2n) is 7.25. The van der Waals surface area contributed by atoms with Gasteiger partial charge in [0.1, 0.15) is 6.04 Å². The number of nitrogens with one attached hydrogen (secondary N) is 2. The third-order valence-corrected chi connectivity index (χ3v) is 7.23. The zero-order valence-corrected chi connectivity index (χ0v) is 16.4. The summed E-state index contributed by atoms with van der Waals surface area (Å²) in [5.74, 6) is -0.345. The molecule has 148 valence electrons. The molecule has 0 saturated carbocycles. The second-order valence-corrected chi connectivity index (χ2v) is 9.14. The summed E-state index contributed by atoms with van der Waals surface area (Å²) in [4.78, 5) is 24.2. The van der Waals surface area contributed by atoms with E-state index in [0.29, 0.717) is 25.1 Å². The molecule has 1 aromatic carbocycles. The summed E-state index contributed by atoms with van der Waals surface area (Å²) in [6.07, 6.45) is 4.21. The Morgan fingerprint density at radius 3 is 2.52 bits per heavy atom. The molecular weight excluding hydrogens is 366 g/mol. The quantitative estimate of drug-likeness (QED) is 0.711. The molecule has 0 spiro atoms. The predicted octanol–water partition coefficient (Wildman–Crippen LogP) is 1.30. The first-order chi connectivity index (χ1) is 12.9. The highest BCUT2D eigenvalue weighted by Crippen LogP contribution is 2.26. The number of nitrogens with zero attached hydrogens (tertiary/aromatic N) is 1. The SMILES string of the molecule is CC(=O)c1ccc(S(=O)(=O)N2CCCCC2C(=O)NCC2CCCN2)cc1. The number of Topliss-reactive ketones (excluding diaryl/α,β-unsaturated/α-hetero) is 1. The molecule has 2 fully saturated rings. The third-order valence-electron chi connectivity index (χ3n) is 5.31. The first kappa shape index (κ1) is 20.0. The Morgan fingerprint density at radius 1 is 1.15 bits per heavy atom. The van der Waals surface area contributed by atoms with Crippen molar-refractivity contribution in [1.29, 1.82) is 0 Å².